The van der Waals surface area contributed by atoms with Crippen LogP contribution in [0, 0.1) is 28.6 Å². The second kappa shape index (κ2) is 6.86. The lowest BCUT2D eigenvalue weighted by molar-refractivity contribution is -0.0113. The van der Waals surface area contributed by atoms with Crippen LogP contribution in [-0.2, 0) is 0 Å². The molecule has 0 spiro atoms. The third-order valence-corrected chi connectivity index (χ3v) is 9.20. The molecular weight excluding hydrogens is 352 g/mol. The van der Waals surface area contributed by atoms with E-state index in [4.69, 9.17) is 4.98 Å². The maximum Gasteiger partial charge on any atom is 0.100 e. The monoisotopic (exact) mass is 388 g/mol. The van der Waals surface area contributed by atoms with Gasteiger partial charge in [-0.15, -0.1) is 0 Å². The van der Waals surface area contributed by atoms with Crippen LogP contribution in [0.15, 0.2) is 36.7 Å². The number of rotatable bonds is 2. The van der Waals surface area contributed by atoms with Crippen molar-refractivity contribution in [1.29, 1.82) is 0 Å². The lowest BCUT2D eigenvalue weighted by Gasteiger charge is -2.57. The molecule has 4 aliphatic rings. The Morgan fingerprint density at radius 2 is 1.97 bits per heavy atom. The molecule has 0 bridgehead atoms. The quantitative estimate of drug-likeness (QED) is 0.616. The van der Waals surface area contributed by atoms with Gasteiger partial charge in [-0.3, -0.25) is 0 Å². The van der Waals surface area contributed by atoms with E-state index in [1.807, 2.05) is 12.4 Å². The first-order chi connectivity index (χ1) is 14.0. The molecule has 1 aromatic heterocycles. The van der Waals surface area contributed by atoms with Gasteiger partial charge in [0.25, 0.3) is 0 Å². The minimum atomic E-state index is 0.257. The number of hydrogen-bond donors (Lipinski definition) is 0. The van der Waals surface area contributed by atoms with E-state index in [-0.39, 0.29) is 5.41 Å². The molecule has 1 heterocycles. The van der Waals surface area contributed by atoms with E-state index in [2.05, 4.69) is 56.2 Å². The summed E-state index contributed by atoms with van der Waals surface area (Å²) < 4.78 is 2.36. The molecule has 29 heavy (non-hydrogen) atoms. The highest BCUT2D eigenvalue weighted by Crippen LogP contribution is 2.65. The van der Waals surface area contributed by atoms with Crippen molar-refractivity contribution >= 4 is 17.8 Å². The fraction of sp³-hybridized carbons (Fsp3) is 0.593. The summed E-state index contributed by atoms with van der Waals surface area (Å²) in [6.45, 7) is 11.2. The van der Waals surface area contributed by atoms with Crippen molar-refractivity contribution in [2.75, 3.05) is 0 Å². The maximum atomic E-state index is 4.69. The molecule has 5 rings (SSSR count). The Morgan fingerprint density at radius 3 is 2.76 bits per heavy atom. The summed E-state index contributed by atoms with van der Waals surface area (Å²) in [6.07, 6.45) is 24.2. The number of fused-ring (bicyclic) bond motifs is 5. The van der Waals surface area contributed by atoms with Gasteiger partial charge in [0, 0.05) is 11.1 Å². The van der Waals surface area contributed by atoms with Crippen molar-refractivity contribution in [3.63, 3.8) is 0 Å². The van der Waals surface area contributed by atoms with Gasteiger partial charge in [0.15, 0.2) is 0 Å². The highest BCUT2D eigenvalue weighted by atomic mass is 15.1. The zero-order valence-electron chi connectivity index (χ0n) is 18.5. The third kappa shape index (κ3) is 2.64. The number of aromatic nitrogens is 2. The van der Waals surface area contributed by atoms with Crippen LogP contribution in [-0.4, -0.2) is 9.55 Å². The Morgan fingerprint density at radius 1 is 1.10 bits per heavy atom. The summed E-state index contributed by atoms with van der Waals surface area (Å²) in [7, 11) is 0. The van der Waals surface area contributed by atoms with Crippen molar-refractivity contribution in [2.45, 2.75) is 72.1 Å². The van der Waals surface area contributed by atoms with Gasteiger partial charge < -0.3 is 4.57 Å². The first-order valence-electron chi connectivity index (χ1n) is 11.8. The van der Waals surface area contributed by atoms with Crippen LogP contribution in [0.3, 0.4) is 0 Å². The van der Waals surface area contributed by atoms with Crippen molar-refractivity contribution in [2.24, 2.45) is 28.6 Å². The SMILES string of the molecule is C=C/C=c1\c(=C/C)ncn1C1=CCC2C3CC=C4CCCCC4(C)C3CCC12C. The van der Waals surface area contributed by atoms with Crippen LogP contribution >= 0.6 is 0 Å². The molecular formula is C27H36N2. The molecule has 154 valence electrons. The minimum absolute atomic E-state index is 0.257. The van der Waals surface area contributed by atoms with Gasteiger partial charge in [-0.1, -0.05) is 56.7 Å². The summed E-state index contributed by atoms with van der Waals surface area (Å²) in [4.78, 5) is 4.69. The molecule has 1 aromatic rings. The predicted octanol–water partition coefficient (Wildman–Crippen LogP) is 5.45. The molecule has 0 N–H and O–H groups in total. The number of nitrogens with zero attached hydrogens (tertiary/aromatic N) is 2. The summed E-state index contributed by atoms with van der Waals surface area (Å²) in [5.41, 5.74) is 4.03. The van der Waals surface area contributed by atoms with Crippen LogP contribution in [0.1, 0.15) is 72.1 Å². The van der Waals surface area contributed by atoms with E-state index in [0.717, 1.165) is 23.1 Å². The normalized spacial score (nSPS) is 40.0. The largest absolute Gasteiger partial charge is 0.302 e. The van der Waals surface area contributed by atoms with E-state index in [1.54, 1.807) is 5.57 Å². The Hall–Kier alpha value is -1.83. The molecule has 0 aromatic carbocycles. The Balaban J connectivity index is 1.53. The first kappa shape index (κ1) is 19.2. The molecule has 2 fully saturated rings. The van der Waals surface area contributed by atoms with E-state index in [1.165, 1.54) is 62.4 Å². The highest BCUT2D eigenvalue weighted by Gasteiger charge is 2.56. The van der Waals surface area contributed by atoms with Crippen LogP contribution in [0.25, 0.3) is 17.8 Å². The maximum absolute atomic E-state index is 4.69. The van der Waals surface area contributed by atoms with E-state index >= 15 is 0 Å². The number of imidazole rings is 1. The van der Waals surface area contributed by atoms with Gasteiger partial charge in [-0.2, -0.15) is 0 Å². The van der Waals surface area contributed by atoms with Gasteiger partial charge in [0.2, 0.25) is 0 Å². The summed E-state index contributed by atoms with van der Waals surface area (Å²) in [6, 6.07) is 0. The summed E-state index contributed by atoms with van der Waals surface area (Å²) >= 11 is 0. The molecule has 0 radical (unpaired) electrons. The smallest absolute Gasteiger partial charge is 0.100 e. The molecule has 5 unspecified atom stereocenters. The van der Waals surface area contributed by atoms with Gasteiger partial charge in [-0.25, -0.2) is 4.98 Å². The molecule has 0 aliphatic heterocycles. The van der Waals surface area contributed by atoms with E-state index < -0.39 is 0 Å². The Labute approximate surface area is 175 Å². The fourth-order valence-corrected chi connectivity index (χ4v) is 7.68. The molecule has 0 saturated heterocycles. The average Bonchev–Trinajstić information content (AvgIpc) is 3.27. The van der Waals surface area contributed by atoms with Crippen LogP contribution in [0.4, 0.5) is 0 Å². The van der Waals surface area contributed by atoms with Gasteiger partial charge in [0.05, 0.1) is 10.7 Å². The van der Waals surface area contributed by atoms with Crippen molar-refractivity contribution < 1.29 is 0 Å². The summed E-state index contributed by atoms with van der Waals surface area (Å²) in [5, 5.41) is 2.24. The molecule has 0 amide bonds. The zero-order chi connectivity index (χ0) is 20.2. The number of hydrogen-bond acceptors (Lipinski definition) is 1. The fourth-order valence-electron chi connectivity index (χ4n) is 7.68. The molecule has 4 aliphatic carbocycles. The van der Waals surface area contributed by atoms with Crippen molar-refractivity contribution in [3.8, 4) is 0 Å². The molecule has 2 nitrogen and oxygen atoms in total. The zero-order valence-corrected chi connectivity index (χ0v) is 18.5. The van der Waals surface area contributed by atoms with Gasteiger partial charge >= 0.3 is 0 Å². The average molecular weight is 389 g/mol. The van der Waals surface area contributed by atoms with Crippen LogP contribution in [0.2, 0.25) is 0 Å². The highest BCUT2D eigenvalue weighted by molar-refractivity contribution is 5.58. The lowest BCUT2D eigenvalue weighted by Crippen LogP contribution is -2.49. The van der Waals surface area contributed by atoms with Crippen molar-refractivity contribution in [3.05, 3.63) is 47.4 Å². The topological polar surface area (TPSA) is 17.8 Å². The molecule has 5 atom stereocenters. The second-order valence-electron chi connectivity index (χ2n) is 10.3. The summed E-state index contributed by atoms with van der Waals surface area (Å²) in [5.74, 6) is 2.48. The predicted molar refractivity (Wildman–Crippen MR) is 122 cm³/mol. The Bertz CT molecular complexity index is 1010. The first-order valence-corrected chi connectivity index (χ1v) is 11.8. The van der Waals surface area contributed by atoms with E-state index in [9.17, 15) is 0 Å². The standard InChI is InChI=1S/C27H36N2/c1-5-9-24-23(6-2)28-18-29(24)25-14-13-21-20-12-11-19-10-7-8-16-26(19,3)22(20)15-17-27(21,25)4/h5-6,9,11,14,18,20-22H,1,7-8,10,12-13,15-17H2,2-4H3/b23-6+,24-9+. The van der Waals surface area contributed by atoms with E-state index in [0.29, 0.717) is 5.41 Å². The number of allylic oxidation sites excluding steroid dienone is 5. The minimum Gasteiger partial charge on any atom is -0.302 e. The van der Waals surface area contributed by atoms with Crippen molar-refractivity contribution in [1.82, 2.24) is 9.55 Å². The van der Waals surface area contributed by atoms with Gasteiger partial charge in [0.1, 0.15) is 6.33 Å². The lowest BCUT2D eigenvalue weighted by atomic mass is 9.48. The Kier molecular flexibility index (Phi) is 4.53. The molecule has 2 heteroatoms. The van der Waals surface area contributed by atoms with Gasteiger partial charge in [-0.05, 0) is 81.1 Å². The second-order valence-corrected chi connectivity index (χ2v) is 10.3. The molecule has 2 saturated carbocycles. The van der Waals surface area contributed by atoms with Crippen LogP contribution < -0.4 is 10.7 Å². The van der Waals surface area contributed by atoms with Crippen LogP contribution in [0.5, 0.6) is 0 Å². The third-order valence-electron chi connectivity index (χ3n) is 9.20.